The third kappa shape index (κ3) is 4.35. The van der Waals surface area contributed by atoms with E-state index in [9.17, 15) is 4.79 Å². The van der Waals surface area contributed by atoms with Gasteiger partial charge in [0.05, 0.1) is 7.11 Å². The third-order valence-corrected chi connectivity index (χ3v) is 3.39. The summed E-state index contributed by atoms with van der Waals surface area (Å²) in [5, 5.41) is 0. The Morgan fingerprint density at radius 2 is 2.24 bits per heavy atom. The van der Waals surface area contributed by atoms with E-state index in [1.807, 2.05) is 49.4 Å². The lowest BCUT2D eigenvalue weighted by Gasteiger charge is -2.10. The van der Waals surface area contributed by atoms with E-state index in [2.05, 4.69) is 6.08 Å². The molecule has 3 heteroatoms. The maximum Gasteiger partial charge on any atom is 0.149 e. The van der Waals surface area contributed by atoms with Gasteiger partial charge < -0.3 is 9.47 Å². The molecule has 0 aliphatic heterocycles. The first-order valence-electron chi connectivity index (χ1n) is 7.00. The average molecular weight is 284 g/mol. The van der Waals surface area contributed by atoms with Gasteiger partial charge in [0.2, 0.25) is 0 Å². The third-order valence-electron chi connectivity index (χ3n) is 3.39. The van der Waals surface area contributed by atoms with Gasteiger partial charge in [-0.2, -0.15) is 0 Å². The number of aryl methyl sites for hydroxylation is 1. The number of allylic oxidation sites excluding steroid dienone is 5. The molecule has 1 atom stereocenters. The van der Waals surface area contributed by atoms with Crippen LogP contribution in [0.15, 0.2) is 54.2 Å². The molecule has 21 heavy (non-hydrogen) atoms. The van der Waals surface area contributed by atoms with Crippen molar-refractivity contribution in [3.63, 3.8) is 0 Å². The average Bonchev–Trinajstić information content (AvgIpc) is 2.52. The number of hydrogen-bond donors (Lipinski definition) is 0. The molecule has 1 unspecified atom stereocenters. The molecule has 0 saturated heterocycles. The molecule has 1 aromatic carbocycles. The molecule has 110 valence electrons. The molecule has 0 spiro atoms. The number of rotatable bonds is 6. The molecule has 1 aliphatic rings. The minimum Gasteiger partial charge on any atom is -0.496 e. The second kappa shape index (κ2) is 7.48. The summed E-state index contributed by atoms with van der Waals surface area (Å²) in [5.41, 5.74) is 1.81. The Morgan fingerprint density at radius 3 is 2.86 bits per heavy atom. The van der Waals surface area contributed by atoms with Crippen LogP contribution in [0.2, 0.25) is 0 Å². The molecule has 1 aromatic rings. The SMILES string of the molecule is COc1ccc(OC/C=C/C2C=CC(C=O)=CC2)cc1C. The van der Waals surface area contributed by atoms with Crippen molar-refractivity contribution >= 4 is 6.29 Å². The molecule has 3 nitrogen and oxygen atoms in total. The predicted octanol–water partition coefficient (Wildman–Crippen LogP) is 3.64. The van der Waals surface area contributed by atoms with Crippen LogP contribution in [0.1, 0.15) is 12.0 Å². The summed E-state index contributed by atoms with van der Waals surface area (Å²) >= 11 is 0. The van der Waals surface area contributed by atoms with Crippen molar-refractivity contribution in [2.24, 2.45) is 5.92 Å². The van der Waals surface area contributed by atoms with E-state index < -0.39 is 0 Å². The van der Waals surface area contributed by atoms with E-state index in [0.29, 0.717) is 12.5 Å². The zero-order chi connectivity index (χ0) is 15.1. The zero-order valence-corrected chi connectivity index (χ0v) is 12.4. The first kappa shape index (κ1) is 15.1. The number of hydrogen-bond acceptors (Lipinski definition) is 3. The van der Waals surface area contributed by atoms with E-state index in [-0.39, 0.29) is 0 Å². The van der Waals surface area contributed by atoms with E-state index in [1.54, 1.807) is 7.11 Å². The first-order valence-corrected chi connectivity index (χ1v) is 7.00. The second-order valence-electron chi connectivity index (χ2n) is 4.95. The summed E-state index contributed by atoms with van der Waals surface area (Å²) in [5.74, 6) is 2.04. The van der Waals surface area contributed by atoms with Gasteiger partial charge in [0.15, 0.2) is 0 Å². The molecule has 0 aromatic heterocycles. The number of carbonyl (C=O) groups excluding carboxylic acids is 1. The molecular formula is C18H20O3. The fourth-order valence-corrected chi connectivity index (χ4v) is 2.20. The molecule has 1 aliphatic carbocycles. The van der Waals surface area contributed by atoms with Gasteiger partial charge in [-0.15, -0.1) is 0 Å². The van der Waals surface area contributed by atoms with Gasteiger partial charge in [-0.25, -0.2) is 0 Å². The quantitative estimate of drug-likeness (QED) is 0.591. The van der Waals surface area contributed by atoms with Crippen molar-refractivity contribution in [2.45, 2.75) is 13.3 Å². The Hall–Kier alpha value is -2.29. The molecule has 0 N–H and O–H groups in total. The summed E-state index contributed by atoms with van der Waals surface area (Å²) in [4.78, 5) is 10.6. The van der Waals surface area contributed by atoms with Crippen molar-refractivity contribution in [1.29, 1.82) is 0 Å². The van der Waals surface area contributed by atoms with Crippen molar-refractivity contribution in [3.05, 3.63) is 59.7 Å². The first-order chi connectivity index (χ1) is 10.2. The lowest BCUT2D eigenvalue weighted by Crippen LogP contribution is -1.99. The fraction of sp³-hybridized carbons (Fsp3) is 0.278. The van der Waals surface area contributed by atoms with E-state index in [1.165, 1.54) is 0 Å². The maximum absolute atomic E-state index is 10.6. The molecule has 2 rings (SSSR count). The van der Waals surface area contributed by atoms with E-state index in [4.69, 9.17) is 9.47 Å². The lowest BCUT2D eigenvalue weighted by atomic mass is 9.97. The molecule has 0 saturated carbocycles. The van der Waals surface area contributed by atoms with Crippen LogP contribution in [0.25, 0.3) is 0 Å². The minimum atomic E-state index is 0.343. The summed E-state index contributed by atoms with van der Waals surface area (Å²) in [7, 11) is 1.66. The topological polar surface area (TPSA) is 35.5 Å². The van der Waals surface area contributed by atoms with E-state index >= 15 is 0 Å². The Bertz CT molecular complexity index is 582. The molecule has 0 heterocycles. The largest absolute Gasteiger partial charge is 0.496 e. The minimum absolute atomic E-state index is 0.343. The molecular weight excluding hydrogens is 264 g/mol. The summed E-state index contributed by atoms with van der Waals surface area (Å²) in [6.45, 7) is 2.52. The van der Waals surface area contributed by atoms with Crippen LogP contribution in [-0.4, -0.2) is 20.0 Å². The van der Waals surface area contributed by atoms with Gasteiger partial charge in [-0.1, -0.05) is 30.4 Å². The summed E-state index contributed by atoms with van der Waals surface area (Å²) in [6, 6.07) is 5.77. The molecule has 0 bridgehead atoms. The van der Waals surface area contributed by atoms with Crippen LogP contribution in [0.5, 0.6) is 11.5 Å². The molecule has 0 amide bonds. The molecule has 0 fully saturated rings. The number of carbonyl (C=O) groups is 1. The Morgan fingerprint density at radius 1 is 1.38 bits per heavy atom. The predicted molar refractivity (Wildman–Crippen MR) is 83.8 cm³/mol. The smallest absolute Gasteiger partial charge is 0.149 e. The van der Waals surface area contributed by atoms with Crippen molar-refractivity contribution in [1.82, 2.24) is 0 Å². The number of benzene rings is 1. The highest BCUT2D eigenvalue weighted by atomic mass is 16.5. The number of aldehydes is 1. The van der Waals surface area contributed by atoms with Crippen LogP contribution in [-0.2, 0) is 4.79 Å². The number of methoxy groups -OCH3 is 1. The van der Waals surface area contributed by atoms with Gasteiger partial charge in [0.25, 0.3) is 0 Å². The van der Waals surface area contributed by atoms with Gasteiger partial charge in [-0.3, -0.25) is 4.79 Å². The van der Waals surface area contributed by atoms with Crippen molar-refractivity contribution in [2.75, 3.05) is 13.7 Å². The standard InChI is InChI=1S/C18H20O3/c1-14-12-17(9-10-18(14)20-2)21-11-3-4-15-5-7-16(13-19)8-6-15/h3-5,7-10,12-13,15H,6,11H2,1-2H3/b4-3+. The van der Waals surface area contributed by atoms with Crippen LogP contribution < -0.4 is 9.47 Å². The highest BCUT2D eigenvalue weighted by molar-refractivity contribution is 5.77. The highest BCUT2D eigenvalue weighted by Crippen LogP contribution is 2.23. The Labute approximate surface area is 125 Å². The van der Waals surface area contributed by atoms with Gasteiger partial charge >= 0.3 is 0 Å². The van der Waals surface area contributed by atoms with Crippen molar-refractivity contribution in [3.8, 4) is 11.5 Å². The van der Waals surface area contributed by atoms with Crippen LogP contribution >= 0.6 is 0 Å². The molecule has 0 radical (unpaired) electrons. The van der Waals surface area contributed by atoms with Gasteiger partial charge in [0, 0.05) is 5.57 Å². The maximum atomic E-state index is 10.6. The van der Waals surface area contributed by atoms with Crippen LogP contribution in [0.4, 0.5) is 0 Å². The highest BCUT2D eigenvalue weighted by Gasteiger charge is 2.04. The summed E-state index contributed by atoms with van der Waals surface area (Å²) < 4.78 is 10.9. The fourth-order valence-electron chi connectivity index (χ4n) is 2.20. The number of ether oxygens (including phenoxy) is 2. The lowest BCUT2D eigenvalue weighted by molar-refractivity contribution is -0.104. The Kier molecular flexibility index (Phi) is 5.38. The van der Waals surface area contributed by atoms with Gasteiger partial charge in [-0.05, 0) is 43.0 Å². The monoisotopic (exact) mass is 284 g/mol. The van der Waals surface area contributed by atoms with Crippen LogP contribution in [0.3, 0.4) is 0 Å². The second-order valence-corrected chi connectivity index (χ2v) is 4.95. The van der Waals surface area contributed by atoms with Crippen molar-refractivity contribution < 1.29 is 14.3 Å². The van der Waals surface area contributed by atoms with Crippen LogP contribution in [0, 0.1) is 12.8 Å². The van der Waals surface area contributed by atoms with Gasteiger partial charge in [0.1, 0.15) is 24.4 Å². The normalized spacial score (nSPS) is 17.6. The zero-order valence-electron chi connectivity index (χ0n) is 12.4. The summed E-state index contributed by atoms with van der Waals surface area (Å²) in [6.07, 6.45) is 11.7. The van der Waals surface area contributed by atoms with E-state index in [0.717, 1.165) is 35.3 Å². The Balaban J connectivity index is 1.81.